The van der Waals surface area contributed by atoms with Gasteiger partial charge in [-0.15, -0.1) is 11.3 Å². The SMILES string of the molecule is O=C(Nc1ccccc1)c1csc(-c2ccc(OCc3ccccc3)cc2F)n1. The van der Waals surface area contributed by atoms with Crippen LogP contribution in [0.5, 0.6) is 5.75 Å². The lowest BCUT2D eigenvalue weighted by atomic mass is 10.2. The highest BCUT2D eigenvalue weighted by atomic mass is 32.1. The van der Waals surface area contributed by atoms with Crippen molar-refractivity contribution in [2.75, 3.05) is 5.32 Å². The molecule has 0 saturated carbocycles. The minimum atomic E-state index is -0.445. The first-order valence-corrected chi connectivity index (χ1v) is 9.85. The Labute approximate surface area is 171 Å². The fraction of sp³-hybridized carbons (Fsp3) is 0.0435. The van der Waals surface area contributed by atoms with Gasteiger partial charge in [0.15, 0.2) is 0 Å². The molecule has 1 heterocycles. The molecule has 6 heteroatoms. The van der Waals surface area contributed by atoms with Crippen molar-refractivity contribution in [1.82, 2.24) is 4.98 Å². The topological polar surface area (TPSA) is 51.2 Å². The summed E-state index contributed by atoms with van der Waals surface area (Å²) < 4.78 is 20.3. The highest BCUT2D eigenvalue weighted by molar-refractivity contribution is 7.13. The fourth-order valence-corrected chi connectivity index (χ4v) is 3.54. The standard InChI is InChI=1S/C23H17FN2O2S/c24-20-13-18(28-14-16-7-3-1-4-8-16)11-12-19(20)23-26-21(15-29-23)22(27)25-17-9-5-2-6-10-17/h1-13,15H,14H2,(H,25,27). The summed E-state index contributed by atoms with van der Waals surface area (Å²) in [6.45, 7) is 0.362. The second-order valence-corrected chi connectivity index (χ2v) is 7.13. The maximum absolute atomic E-state index is 14.6. The van der Waals surface area contributed by atoms with Crippen LogP contribution >= 0.6 is 11.3 Å². The number of benzene rings is 3. The van der Waals surface area contributed by atoms with Gasteiger partial charge in [0, 0.05) is 22.7 Å². The molecule has 0 unspecified atom stereocenters. The molecular weight excluding hydrogens is 387 g/mol. The van der Waals surface area contributed by atoms with Gasteiger partial charge in [-0.2, -0.15) is 0 Å². The smallest absolute Gasteiger partial charge is 0.275 e. The van der Waals surface area contributed by atoms with Gasteiger partial charge in [-0.05, 0) is 29.8 Å². The number of carbonyl (C=O) groups is 1. The summed E-state index contributed by atoms with van der Waals surface area (Å²) in [5.41, 5.74) is 2.27. The van der Waals surface area contributed by atoms with E-state index in [1.807, 2.05) is 48.5 Å². The fourth-order valence-electron chi connectivity index (χ4n) is 2.72. The number of para-hydroxylation sites is 1. The van der Waals surface area contributed by atoms with Gasteiger partial charge < -0.3 is 10.1 Å². The number of thiazole rings is 1. The molecule has 0 saturated heterocycles. The molecule has 0 aliphatic rings. The number of hydrogen-bond donors (Lipinski definition) is 1. The predicted molar refractivity (Wildman–Crippen MR) is 113 cm³/mol. The number of aromatic nitrogens is 1. The van der Waals surface area contributed by atoms with Gasteiger partial charge in [-0.25, -0.2) is 9.37 Å². The van der Waals surface area contributed by atoms with Crippen LogP contribution in [-0.2, 0) is 6.61 Å². The normalized spacial score (nSPS) is 10.5. The lowest BCUT2D eigenvalue weighted by Crippen LogP contribution is -2.12. The van der Waals surface area contributed by atoms with E-state index in [9.17, 15) is 9.18 Å². The summed E-state index contributed by atoms with van der Waals surface area (Å²) in [4.78, 5) is 16.6. The lowest BCUT2D eigenvalue weighted by Gasteiger charge is -2.07. The first kappa shape index (κ1) is 18.8. The van der Waals surface area contributed by atoms with Crippen molar-refractivity contribution < 1.29 is 13.9 Å². The summed E-state index contributed by atoms with van der Waals surface area (Å²) in [7, 11) is 0. The summed E-state index contributed by atoms with van der Waals surface area (Å²) >= 11 is 1.22. The van der Waals surface area contributed by atoms with Gasteiger partial charge in [0.05, 0.1) is 0 Å². The van der Waals surface area contributed by atoms with Crippen molar-refractivity contribution >= 4 is 22.9 Å². The van der Waals surface area contributed by atoms with Crippen LogP contribution in [0, 0.1) is 5.82 Å². The second-order valence-electron chi connectivity index (χ2n) is 6.27. The van der Waals surface area contributed by atoms with Gasteiger partial charge >= 0.3 is 0 Å². The number of anilines is 1. The maximum atomic E-state index is 14.6. The summed E-state index contributed by atoms with van der Waals surface area (Å²) in [5, 5.41) is 4.83. The molecule has 0 bridgehead atoms. The number of nitrogens with zero attached hydrogens (tertiary/aromatic N) is 1. The second kappa shape index (κ2) is 8.67. The molecule has 0 aliphatic carbocycles. The van der Waals surface area contributed by atoms with Crippen molar-refractivity contribution in [2.45, 2.75) is 6.61 Å². The maximum Gasteiger partial charge on any atom is 0.275 e. The van der Waals surface area contributed by atoms with Gasteiger partial charge in [0.25, 0.3) is 5.91 Å². The molecule has 0 fully saturated rings. The molecule has 0 atom stereocenters. The highest BCUT2D eigenvalue weighted by Crippen LogP contribution is 2.29. The highest BCUT2D eigenvalue weighted by Gasteiger charge is 2.15. The molecule has 144 valence electrons. The van der Waals surface area contributed by atoms with Crippen LogP contribution in [0.15, 0.2) is 84.2 Å². The Morgan fingerprint density at radius 3 is 2.45 bits per heavy atom. The van der Waals surface area contributed by atoms with Gasteiger partial charge in [-0.3, -0.25) is 4.79 Å². The molecule has 1 aromatic heterocycles. The van der Waals surface area contributed by atoms with Crippen molar-refractivity contribution in [3.8, 4) is 16.3 Å². The third kappa shape index (κ3) is 4.67. The summed E-state index contributed by atoms with van der Waals surface area (Å²) in [6, 6.07) is 23.4. The molecule has 1 N–H and O–H groups in total. The Kier molecular flexibility index (Phi) is 5.63. The summed E-state index contributed by atoms with van der Waals surface area (Å²) in [6.07, 6.45) is 0. The number of halogens is 1. The zero-order valence-corrected chi connectivity index (χ0v) is 16.2. The van der Waals surface area contributed by atoms with Gasteiger partial charge in [0.1, 0.15) is 28.9 Å². The lowest BCUT2D eigenvalue weighted by molar-refractivity contribution is 0.102. The Bertz CT molecular complexity index is 1110. The third-order valence-corrected chi connectivity index (χ3v) is 5.06. The van der Waals surface area contributed by atoms with Crippen molar-refractivity contribution in [3.63, 3.8) is 0 Å². The number of rotatable bonds is 6. The zero-order chi connectivity index (χ0) is 20.1. The molecule has 0 aliphatic heterocycles. The van der Waals surface area contributed by atoms with Crippen molar-refractivity contribution in [3.05, 3.63) is 101 Å². The number of amides is 1. The zero-order valence-electron chi connectivity index (χ0n) is 15.3. The number of ether oxygens (including phenoxy) is 1. The van der Waals surface area contributed by atoms with Crippen LogP contribution < -0.4 is 10.1 Å². The molecule has 1 amide bonds. The average molecular weight is 404 g/mol. The first-order chi connectivity index (χ1) is 14.2. The number of nitrogens with one attached hydrogen (secondary N) is 1. The van der Waals surface area contributed by atoms with E-state index in [0.717, 1.165) is 5.56 Å². The monoisotopic (exact) mass is 404 g/mol. The van der Waals surface area contributed by atoms with Gasteiger partial charge in [-0.1, -0.05) is 48.5 Å². The van der Waals surface area contributed by atoms with Crippen molar-refractivity contribution in [2.24, 2.45) is 0 Å². The molecule has 0 spiro atoms. The Morgan fingerprint density at radius 1 is 1.00 bits per heavy atom. The molecular formula is C23H17FN2O2S. The molecule has 3 aromatic carbocycles. The van der Waals surface area contributed by atoms with E-state index < -0.39 is 5.82 Å². The predicted octanol–water partition coefficient (Wildman–Crippen LogP) is 5.78. The third-order valence-electron chi connectivity index (χ3n) is 4.19. The van der Waals surface area contributed by atoms with Crippen LogP contribution in [0.1, 0.15) is 16.1 Å². The minimum Gasteiger partial charge on any atom is -0.489 e. The van der Waals surface area contributed by atoms with E-state index in [2.05, 4.69) is 10.3 Å². The first-order valence-electron chi connectivity index (χ1n) is 8.97. The largest absolute Gasteiger partial charge is 0.489 e. The average Bonchev–Trinajstić information content (AvgIpc) is 3.24. The van der Waals surface area contributed by atoms with E-state index in [4.69, 9.17) is 4.74 Å². The van der Waals surface area contributed by atoms with Crippen molar-refractivity contribution in [1.29, 1.82) is 0 Å². The minimum absolute atomic E-state index is 0.248. The van der Waals surface area contributed by atoms with E-state index >= 15 is 0 Å². The number of carbonyl (C=O) groups excluding carboxylic acids is 1. The van der Waals surface area contributed by atoms with E-state index in [1.165, 1.54) is 17.4 Å². The molecule has 0 radical (unpaired) electrons. The van der Waals surface area contributed by atoms with Crippen LogP contribution in [0.4, 0.5) is 10.1 Å². The summed E-state index contributed by atoms with van der Waals surface area (Å²) in [5.74, 6) is -0.337. The Balaban J connectivity index is 1.45. The van der Waals surface area contributed by atoms with Crippen LogP contribution in [0.3, 0.4) is 0 Å². The van der Waals surface area contributed by atoms with Gasteiger partial charge in [0.2, 0.25) is 0 Å². The molecule has 4 nitrogen and oxygen atoms in total. The van der Waals surface area contributed by atoms with E-state index in [0.29, 0.717) is 28.6 Å². The quantitative estimate of drug-likeness (QED) is 0.443. The van der Waals surface area contributed by atoms with Crippen LogP contribution in [0.2, 0.25) is 0 Å². The molecule has 4 rings (SSSR count). The Hall–Kier alpha value is -3.51. The van der Waals surface area contributed by atoms with E-state index in [1.54, 1.807) is 29.6 Å². The van der Waals surface area contributed by atoms with Crippen LogP contribution in [0.25, 0.3) is 10.6 Å². The molecule has 29 heavy (non-hydrogen) atoms. The van der Waals surface area contributed by atoms with Crippen LogP contribution in [-0.4, -0.2) is 10.9 Å². The Morgan fingerprint density at radius 2 is 1.72 bits per heavy atom. The molecule has 4 aromatic rings. The van der Waals surface area contributed by atoms with E-state index in [-0.39, 0.29) is 11.6 Å². The number of hydrogen-bond acceptors (Lipinski definition) is 4.